The zero-order chi connectivity index (χ0) is 22.3. The summed E-state index contributed by atoms with van der Waals surface area (Å²) in [6.45, 7) is 3.47. The van der Waals surface area contributed by atoms with E-state index in [1.165, 1.54) is 20.2 Å². The average molecular weight is 439 g/mol. The Morgan fingerprint density at radius 3 is 2.45 bits per heavy atom. The van der Waals surface area contributed by atoms with Crippen molar-refractivity contribution in [2.24, 2.45) is 0 Å². The van der Waals surface area contributed by atoms with E-state index in [1.807, 2.05) is 30.3 Å². The SMILES string of the molecule is CNS(=O)(=O)c1cc(C(=O)Nc2cc3oc4ccccc4c3cc2OC)cc(C)c1C. The van der Waals surface area contributed by atoms with E-state index in [9.17, 15) is 13.2 Å². The number of fused-ring (bicyclic) bond motifs is 3. The third-order valence-electron chi connectivity index (χ3n) is 5.39. The highest BCUT2D eigenvalue weighted by molar-refractivity contribution is 7.89. The third kappa shape index (κ3) is 3.64. The molecule has 7 nitrogen and oxygen atoms in total. The molecule has 4 rings (SSSR count). The van der Waals surface area contributed by atoms with Crippen molar-refractivity contribution in [2.75, 3.05) is 19.5 Å². The molecular weight excluding hydrogens is 416 g/mol. The number of ether oxygens (including phenoxy) is 1. The van der Waals surface area contributed by atoms with Crippen LogP contribution in [0.25, 0.3) is 21.9 Å². The van der Waals surface area contributed by atoms with E-state index in [4.69, 9.17) is 9.15 Å². The van der Waals surface area contributed by atoms with Crippen molar-refractivity contribution in [3.63, 3.8) is 0 Å². The maximum absolute atomic E-state index is 13.0. The van der Waals surface area contributed by atoms with Gasteiger partial charge in [-0.15, -0.1) is 0 Å². The van der Waals surface area contributed by atoms with Crippen LogP contribution in [0.3, 0.4) is 0 Å². The Bertz CT molecular complexity index is 1440. The second-order valence-corrected chi connectivity index (χ2v) is 9.08. The van der Waals surface area contributed by atoms with Crippen molar-refractivity contribution in [1.82, 2.24) is 4.72 Å². The van der Waals surface area contributed by atoms with Gasteiger partial charge in [-0.1, -0.05) is 18.2 Å². The largest absolute Gasteiger partial charge is 0.495 e. The molecule has 3 aromatic carbocycles. The van der Waals surface area contributed by atoms with E-state index < -0.39 is 15.9 Å². The number of rotatable bonds is 5. The molecule has 8 heteroatoms. The van der Waals surface area contributed by atoms with Crippen molar-refractivity contribution in [2.45, 2.75) is 18.7 Å². The van der Waals surface area contributed by atoms with Crippen LogP contribution in [0.2, 0.25) is 0 Å². The molecule has 2 N–H and O–H groups in total. The van der Waals surface area contributed by atoms with Gasteiger partial charge in [0.2, 0.25) is 10.0 Å². The fourth-order valence-electron chi connectivity index (χ4n) is 3.56. The summed E-state index contributed by atoms with van der Waals surface area (Å²) in [5, 5.41) is 4.64. The highest BCUT2D eigenvalue weighted by atomic mass is 32.2. The van der Waals surface area contributed by atoms with Gasteiger partial charge in [0.25, 0.3) is 5.91 Å². The Morgan fingerprint density at radius 2 is 1.74 bits per heavy atom. The van der Waals surface area contributed by atoms with E-state index >= 15 is 0 Å². The predicted octanol–water partition coefficient (Wildman–Crippen LogP) is 4.37. The number of sulfonamides is 1. The summed E-state index contributed by atoms with van der Waals surface area (Å²) < 4.78 is 38.4. The maximum Gasteiger partial charge on any atom is 0.255 e. The monoisotopic (exact) mass is 438 g/mol. The topological polar surface area (TPSA) is 97.6 Å². The number of nitrogens with one attached hydrogen (secondary N) is 2. The van der Waals surface area contributed by atoms with Crippen LogP contribution in [0, 0.1) is 13.8 Å². The van der Waals surface area contributed by atoms with E-state index in [2.05, 4.69) is 10.0 Å². The predicted molar refractivity (Wildman–Crippen MR) is 120 cm³/mol. The lowest BCUT2D eigenvalue weighted by Gasteiger charge is -2.14. The highest BCUT2D eigenvalue weighted by Crippen LogP contribution is 2.36. The minimum Gasteiger partial charge on any atom is -0.495 e. The minimum atomic E-state index is -3.71. The second-order valence-electron chi connectivity index (χ2n) is 7.22. The van der Waals surface area contributed by atoms with Crippen molar-refractivity contribution in [1.29, 1.82) is 0 Å². The molecule has 4 aromatic rings. The normalized spacial score (nSPS) is 11.7. The molecular formula is C23H22N2O5S. The van der Waals surface area contributed by atoms with Gasteiger partial charge in [0.05, 0.1) is 17.7 Å². The molecule has 0 spiro atoms. The van der Waals surface area contributed by atoms with Crippen LogP contribution in [0.4, 0.5) is 5.69 Å². The molecule has 0 aliphatic carbocycles. The number of carbonyl (C=O) groups is 1. The van der Waals surface area contributed by atoms with Crippen LogP contribution >= 0.6 is 0 Å². The average Bonchev–Trinajstić information content (AvgIpc) is 3.12. The van der Waals surface area contributed by atoms with Crippen molar-refractivity contribution in [3.05, 3.63) is 65.2 Å². The molecule has 1 aromatic heterocycles. The molecule has 0 atom stereocenters. The Kier molecular flexibility index (Phi) is 5.20. The standard InChI is InChI=1S/C23H22N2O5S/c1-13-9-15(10-22(14(13)2)31(27,28)24-3)23(26)25-18-12-20-17(11-21(18)29-4)16-7-5-6-8-19(16)30-20/h5-12,24H,1-4H3,(H,25,26). The summed E-state index contributed by atoms with van der Waals surface area (Å²) in [4.78, 5) is 13.1. The van der Waals surface area contributed by atoms with Gasteiger partial charge in [-0.3, -0.25) is 4.79 Å². The van der Waals surface area contributed by atoms with Crippen LogP contribution in [-0.4, -0.2) is 28.5 Å². The van der Waals surface area contributed by atoms with E-state index in [1.54, 1.807) is 26.0 Å². The van der Waals surface area contributed by atoms with Gasteiger partial charge in [-0.05, 0) is 56.3 Å². The van der Waals surface area contributed by atoms with Crippen LogP contribution in [-0.2, 0) is 10.0 Å². The highest BCUT2D eigenvalue weighted by Gasteiger charge is 2.21. The van der Waals surface area contributed by atoms with E-state index in [0.29, 0.717) is 28.1 Å². The summed E-state index contributed by atoms with van der Waals surface area (Å²) in [6, 6.07) is 14.2. The fraction of sp³-hybridized carbons (Fsp3) is 0.174. The number of carbonyl (C=O) groups excluding carboxylic acids is 1. The lowest BCUT2D eigenvalue weighted by Crippen LogP contribution is -2.21. The Morgan fingerprint density at radius 1 is 1.00 bits per heavy atom. The van der Waals surface area contributed by atoms with Crippen molar-refractivity contribution >= 4 is 43.6 Å². The summed E-state index contributed by atoms with van der Waals surface area (Å²) in [7, 11) is -0.848. The summed E-state index contributed by atoms with van der Waals surface area (Å²) in [5.41, 5.74) is 3.28. The first-order valence-corrected chi connectivity index (χ1v) is 11.1. The van der Waals surface area contributed by atoms with Crippen molar-refractivity contribution < 1.29 is 22.4 Å². The second kappa shape index (κ2) is 7.72. The molecule has 0 saturated heterocycles. The number of furan rings is 1. The van der Waals surface area contributed by atoms with Crippen LogP contribution in [0.15, 0.2) is 57.8 Å². The zero-order valence-electron chi connectivity index (χ0n) is 17.6. The van der Waals surface area contributed by atoms with Gasteiger partial charge in [0.15, 0.2) is 0 Å². The molecule has 1 heterocycles. The first-order valence-electron chi connectivity index (χ1n) is 9.60. The molecule has 0 aliphatic heterocycles. The van der Waals surface area contributed by atoms with Gasteiger partial charge in [-0.25, -0.2) is 13.1 Å². The molecule has 160 valence electrons. The Hall–Kier alpha value is -3.36. The van der Waals surface area contributed by atoms with Crippen LogP contribution in [0.5, 0.6) is 5.75 Å². The number of hydrogen-bond donors (Lipinski definition) is 2. The maximum atomic E-state index is 13.0. The number of para-hydroxylation sites is 1. The number of hydrogen-bond acceptors (Lipinski definition) is 5. The van der Waals surface area contributed by atoms with Crippen LogP contribution in [0.1, 0.15) is 21.5 Å². The quantitative estimate of drug-likeness (QED) is 0.482. The van der Waals surface area contributed by atoms with E-state index in [0.717, 1.165) is 16.4 Å². The number of anilines is 1. The number of amides is 1. The molecule has 0 unspecified atom stereocenters. The van der Waals surface area contributed by atoms with Gasteiger partial charge < -0.3 is 14.5 Å². The Balaban J connectivity index is 1.77. The van der Waals surface area contributed by atoms with Gasteiger partial charge in [-0.2, -0.15) is 0 Å². The van der Waals surface area contributed by atoms with Gasteiger partial charge in [0.1, 0.15) is 16.9 Å². The molecule has 0 aliphatic rings. The number of methoxy groups -OCH3 is 1. The lowest BCUT2D eigenvalue weighted by atomic mass is 10.1. The smallest absolute Gasteiger partial charge is 0.255 e. The summed E-state index contributed by atoms with van der Waals surface area (Å²) >= 11 is 0. The zero-order valence-corrected chi connectivity index (χ0v) is 18.4. The van der Waals surface area contributed by atoms with E-state index in [-0.39, 0.29) is 10.5 Å². The Labute approximate surface area is 180 Å². The molecule has 0 fully saturated rings. The molecule has 0 bridgehead atoms. The van der Waals surface area contributed by atoms with Crippen LogP contribution < -0.4 is 14.8 Å². The summed E-state index contributed by atoms with van der Waals surface area (Å²) in [6.07, 6.45) is 0. The minimum absolute atomic E-state index is 0.0693. The first kappa shape index (κ1) is 20.9. The third-order valence-corrected chi connectivity index (χ3v) is 6.93. The molecule has 31 heavy (non-hydrogen) atoms. The molecule has 0 radical (unpaired) electrons. The lowest BCUT2D eigenvalue weighted by molar-refractivity contribution is 0.102. The molecule has 0 saturated carbocycles. The fourth-order valence-corrected chi connectivity index (χ4v) is 4.63. The summed E-state index contributed by atoms with van der Waals surface area (Å²) in [5.74, 6) is 0.0173. The number of benzene rings is 3. The van der Waals surface area contributed by atoms with Crippen molar-refractivity contribution in [3.8, 4) is 5.75 Å². The first-order chi connectivity index (χ1) is 14.7. The van der Waals surface area contributed by atoms with Gasteiger partial charge in [0, 0.05) is 22.4 Å². The molecule has 1 amide bonds. The van der Waals surface area contributed by atoms with Gasteiger partial charge >= 0.3 is 0 Å². The number of aryl methyl sites for hydroxylation is 1.